The lowest BCUT2D eigenvalue weighted by Crippen LogP contribution is -2.29. The quantitative estimate of drug-likeness (QED) is 0.189. The number of hydrogen-bond donors (Lipinski definition) is 1. The van der Waals surface area contributed by atoms with Crippen LogP contribution in [-0.4, -0.2) is 27.3 Å². The number of fused-ring (bicyclic) bond motifs is 1. The van der Waals surface area contributed by atoms with Gasteiger partial charge in [-0.2, -0.15) is 4.98 Å². The molecule has 194 valence electrons. The number of benzene rings is 3. The highest BCUT2D eigenvalue weighted by molar-refractivity contribution is 7.98. The fourth-order valence-corrected chi connectivity index (χ4v) is 5.04. The van der Waals surface area contributed by atoms with Crippen molar-refractivity contribution in [2.45, 2.75) is 43.8 Å². The van der Waals surface area contributed by atoms with Gasteiger partial charge < -0.3 is 14.8 Å². The number of anilines is 1. The highest BCUT2D eigenvalue weighted by Gasteiger charge is 2.35. The highest BCUT2D eigenvalue weighted by atomic mass is 32.2. The Labute approximate surface area is 226 Å². The Morgan fingerprint density at radius 3 is 2.34 bits per heavy atom. The van der Waals surface area contributed by atoms with E-state index in [1.807, 2.05) is 79.7 Å². The van der Waals surface area contributed by atoms with E-state index in [0.29, 0.717) is 29.0 Å². The van der Waals surface area contributed by atoms with Crippen LogP contribution in [0.1, 0.15) is 43.0 Å². The summed E-state index contributed by atoms with van der Waals surface area (Å²) in [6.45, 7) is 4.79. The van der Waals surface area contributed by atoms with Gasteiger partial charge in [-0.25, -0.2) is 9.48 Å². The number of allylic oxidation sites excluding steroid dienone is 1. The van der Waals surface area contributed by atoms with Crippen LogP contribution in [0.4, 0.5) is 5.95 Å². The smallest absolute Gasteiger partial charge is 0.338 e. The zero-order valence-corrected chi connectivity index (χ0v) is 22.3. The van der Waals surface area contributed by atoms with Crippen LogP contribution in [0.5, 0.6) is 5.75 Å². The number of rotatable bonds is 10. The van der Waals surface area contributed by atoms with Gasteiger partial charge in [0.15, 0.2) is 0 Å². The molecule has 8 heteroatoms. The molecule has 5 rings (SSSR count). The monoisotopic (exact) mass is 526 g/mol. The number of carbonyl (C=O) groups excluding carboxylic acids is 1. The maximum atomic E-state index is 13.5. The molecule has 1 atom stereocenters. The maximum absolute atomic E-state index is 13.5. The topological polar surface area (TPSA) is 78.3 Å². The van der Waals surface area contributed by atoms with Crippen molar-refractivity contribution in [1.29, 1.82) is 0 Å². The summed E-state index contributed by atoms with van der Waals surface area (Å²) in [5.41, 5.74) is 4.21. The molecule has 1 aromatic heterocycles. The number of nitrogens with zero attached hydrogens (tertiary/aromatic N) is 3. The molecule has 2 heterocycles. The van der Waals surface area contributed by atoms with E-state index in [1.54, 1.807) is 16.4 Å². The van der Waals surface area contributed by atoms with Gasteiger partial charge in [0.1, 0.15) is 18.4 Å². The standard InChI is InChI=1S/C30H30N4O3S/c1-3-18-36-25-16-14-24(15-17-25)27-26(28(35)37-19-22-10-6-4-7-11-22)21(2)31-29-32-30(33-34(27)29)38-20-23-12-8-5-9-13-23/h4-17,27H,3,18-20H2,1-2H3,(H,31,32,33). The molecule has 1 N–H and O–H groups in total. The molecule has 1 aliphatic rings. The van der Waals surface area contributed by atoms with Gasteiger partial charge in [0.25, 0.3) is 0 Å². The Bertz CT molecular complexity index is 1400. The zero-order chi connectivity index (χ0) is 26.3. The minimum atomic E-state index is -0.492. The minimum absolute atomic E-state index is 0.190. The van der Waals surface area contributed by atoms with Gasteiger partial charge >= 0.3 is 5.97 Å². The van der Waals surface area contributed by atoms with Crippen molar-refractivity contribution in [2.24, 2.45) is 0 Å². The van der Waals surface area contributed by atoms with Crippen molar-refractivity contribution in [3.05, 3.63) is 113 Å². The number of nitrogens with one attached hydrogen (secondary N) is 1. The van der Waals surface area contributed by atoms with Crippen LogP contribution in [0.2, 0.25) is 0 Å². The van der Waals surface area contributed by atoms with Crippen LogP contribution >= 0.6 is 11.8 Å². The van der Waals surface area contributed by atoms with Crippen molar-refractivity contribution in [3.63, 3.8) is 0 Å². The summed E-state index contributed by atoms with van der Waals surface area (Å²) in [6, 6.07) is 27.2. The van der Waals surface area contributed by atoms with Crippen LogP contribution < -0.4 is 10.1 Å². The fraction of sp³-hybridized carbons (Fsp3) is 0.233. The molecule has 0 radical (unpaired) electrons. The van der Waals surface area contributed by atoms with E-state index in [1.165, 1.54) is 5.56 Å². The molecule has 0 saturated heterocycles. The largest absolute Gasteiger partial charge is 0.494 e. The van der Waals surface area contributed by atoms with Crippen LogP contribution in [0.15, 0.2) is 101 Å². The Kier molecular flexibility index (Phi) is 8.09. The Hall–Kier alpha value is -4.04. The van der Waals surface area contributed by atoms with Crippen LogP contribution in [0.3, 0.4) is 0 Å². The van der Waals surface area contributed by atoms with Crippen molar-refractivity contribution in [1.82, 2.24) is 14.8 Å². The van der Waals surface area contributed by atoms with E-state index in [0.717, 1.165) is 29.1 Å². The average molecular weight is 527 g/mol. The van der Waals surface area contributed by atoms with Gasteiger partial charge in [0.2, 0.25) is 11.1 Å². The molecule has 1 aliphatic heterocycles. The molecule has 1 unspecified atom stereocenters. The van der Waals surface area contributed by atoms with Crippen molar-refractivity contribution >= 4 is 23.7 Å². The van der Waals surface area contributed by atoms with Crippen molar-refractivity contribution in [2.75, 3.05) is 11.9 Å². The predicted molar refractivity (Wildman–Crippen MR) is 149 cm³/mol. The third-order valence-electron chi connectivity index (χ3n) is 6.15. The normalized spacial score (nSPS) is 14.5. The number of carbonyl (C=O) groups is 1. The molecule has 0 amide bonds. The van der Waals surface area contributed by atoms with Crippen LogP contribution in [0, 0.1) is 0 Å². The van der Waals surface area contributed by atoms with Gasteiger partial charge in [-0.1, -0.05) is 91.5 Å². The Balaban J connectivity index is 1.44. The first-order chi connectivity index (χ1) is 18.6. The second kappa shape index (κ2) is 12.0. The molecule has 0 bridgehead atoms. The van der Waals surface area contributed by atoms with E-state index >= 15 is 0 Å². The molecule has 38 heavy (non-hydrogen) atoms. The third-order valence-corrected chi connectivity index (χ3v) is 7.05. The van der Waals surface area contributed by atoms with E-state index in [4.69, 9.17) is 19.6 Å². The predicted octanol–water partition coefficient (Wildman–Crippen LogP) is 6.39. The Morgan fingerprint density at radius 1 is 0.974 bits per heavy atom. The lowest BCUT2D eigenvalue weighted by Gasteiger charge is -2.28. The lowest BCUT2D eigenvalue weighted by atomic mass is 9.95. The second-order valence-electron chi connectivity index (χ2n) is 8.98. The van der Waals surface area contributed by atoms with E-state index in [9.17, 15) is 4.79 Å². The zero-order valence-electron chi connectivity index (χ0n) is 21.5. The summed E-state index contributed by atoms with van der Waals surface area (Å²) in [5.74, 6) is 1.73. The average Bonchev–Trinajstić information content (AvgIpc) is 3.36. The van der Waals surface area contributed by atoms with Gasteiger partial charge in [-0.15, -0.1) is 5.10 Å². The summed E-state index contributed by atoms with van der Waals surface area (Å²) in [4.78, 5) is 18.2. The molecular formula is C30H30N4O3S. The van der Waals surface area contributed by atoms with Gasteiger partial charge in [-0.05, 0) is 42.2 Å². The highest BCUT2D eigenvalue weighted by Crippen LogP contribution is 2.37. The van der Waals surface area contributed by atoms with Crippen molar-refractivity contribution in [3.8, 4) is 5.75 Å². The summed E-state index contributed by atoms with van der Waals surface area (Å²) in [7, 11) is 0. The first-order valence-electron chi connectivity index (χ1n) is 12.7. The second-order valence-corrected chi connectivity index (χ2v) is 9.92. The number of hydrogen-bond acceptors (Lipinski definition) is 7. The fourth-order valence-electron chi connectivity index (χ4n) is 4.25. The molecule has 0 fully saturated rings. The summed E-state index contributed by atoms with van der Waals surface area (Å²) < 4.78 is 13.3. The van der Waals surface area contributed by atoms with Crippen LogP contribution in [-0.2, 0) is 21.9 Å². The number of thioether (sulfide) groups is 1. The lowest BCUT2D eigenvalue weighted by molar-refractivity contribution is -0.140. The van der Waals surface area contributed by atoms with E-state index < -0.39 is 12.0 Å². The first-order valence-corrected chi connectivity index (χ1v) is 13.7. The molecule has 3 aromatic carbocycles. The summed E-state index contributed by atoms with van der Waals surface area (Å²) >= 11 is 1.56. The van der Waals surface area contributed by atoms with Gasteiger partial charge in [-0.3, -0.25) is 0 Å². The van der Waals surface area contributed by atoms with E-state index in [-0.39, 0.29) is 6.61 Å². The third kappa shape index (κ3) is 5.92. The SMILES string of the molecule is CCCOc1ccc(C2C(C(=O)OCc3ccccc3)=C(C)Nc3nc(SCc4ccccc4)nn32)cc1. The number of aromatic nitrogens is 3. The molecule has 0 spiro atoms. The summed E-state index contributed by atoms with van der Waals surface area (Å²) in [6.07, 6.45) is 0.932. The van der Waals surface area contributed by atoms with Gasteiger partial charge in [0, 0.05) is 11.4 Å². The summed E-state index contributed by atoms with van der Waals surface area (Å²) in [5, 5.41) is 8.73. The van der Waals surface area contributed by atoms with E-state index in [2.05, 4.69) is 24.4 Å². The molecule has 4 aromatic rings. The molecule has 0 saturated carbocycles. The van der Waals surface area contributed by atoms with Crippen LogP contribution in [0.25, 0.3) is 0 Å². The minimum Gasteiger partial charge on any atom is -0.494 e. The number of ether oxygens (including phenoxy) is 2. The Morgan fingerprint density at radius 2 is 1.66 bits per heavy atom. The van der Waals surface area contributed by atoms with Crippen molar-refractivity contribution < 1.29 is 14.3 Å². The molecule has 0 aliphatic carbocycles. The first kappa shape index (κ1) is 25.6. The van der Waals surface area contributed by atoms with Gasteiger partial charge in [0.05, 0.1) is 12.2 Å². The molecular weight excluding hydrogens is 496 g/mol. The molecule has 7 nitrogen and oxygen atoms in total. The maximum Gasteiger partial charge on any atom is 0.338 e. The number of esters is 1.